The number of aliphatic hydroxyl groups excluding tert-OH is 1. The minimum atomic E-state index is -0.793. The molecular formula is C65H104O5. The van der Waals surface area contributed by atoms with Crippen molar-refractivity contribution in [3.05, 3.63) is 146 Å². The monoisotopic (exact) mass is 965 g/mol. The fourth-order valence-corrected chi connectivity index (χ4v) is 7.44. The highest BCUT2D eigenvalue weighted by molar-refractivity contribution is 5.70. The third kappa shape index (κ3) is 56.4. The third-order valence-corrected chi connectivity index (χ3v) is 11.6. The first-order chi connectivity index (χ1) is 34.6. The van der Waals surface area contributed by atoms with Crippen LogP contribution in [-0.4, -0.2) is 36.4 Å². The maximum absolute atomic E-state index is 12.3. The van der Waals surface area contributed by atoms with Crippen molar-refractivity contribution < 1.29 is 24.2 Å². The van der Waals surface area contributed by atoms with Crippen LogP contribution in [0.2, 0.25) is 0 Å². The fraction of sp³-hybridized carbons (Fsp3) is 0.600. The zero-order chi connectivity index (χ0) is 50.6. The number of carbonyl (C=O) groups excluding carboxylic acids is 2. The smallest absolute Gasteiger partial charge is 0.306 e. The first kappa shape index (κ1) is 65.8. The Balaban J connectivity index is 3.60. The molecule has 0 aliphatic carbocycles. The lowest BCUT2D eigenvalue weighted by Crippen LogP contribution is -2.28. The van der Waals surface area contributed by atoms with E-state index in [9.17, 15) is 14.7 Å². The van der Waals surface area contributed by atoms with Crippen LogP contribution in [0.1, 0.15) is 232 Å². The molecule has 0 fully saturated rings. The number of esters is 2. The standard InChI is InChI=1S/C65H104O5/c1-3-5-7-9-11-13-15-17-19-21-23-25-27-29-30-31-32-33-34-36-38-40-42-44-46-48-50-52-54-56-58-60-65(68)70-63(61-66)62-69-64(67)59-57-55-53-51-49-47-45-43-41-39-37-35-28-26-24-22-20-18-16-14-12-10-8-6-4-2/h5-8,11-14,17-20,23-26,29-30,32-33,36,38,42,44,63,66H,3-4,9-10,15-16,21-22,27-28,31,34-35,37,39-41,43,45-62H2,1-2H3/b7-5-,8-6-,13-11-,14-12-,19-17-,20-18-,25-23-,26-24-,30-29-,33-32-,38-36-,44-42-. The second-order valence-corrected chi connectivity index (χ2v) is 18.2. The maximum Gasteiger partial charge on any atom is 0.306 e. The largest absolute Gasteiger partial charge is 0.462 e. The van der Waals surface area contributed by atoms with Gasteiger partial charge in [0.15, 0.2) is 6.10 Å². The van der Waals surface area contributed by atoms with Crippen molar-refractivity contribution in [3.63, 3.8) is 0 Å². The Morgan fingerprint density at radius 1 is 0.329 bits per heavy atom. The van der Waals surface area contributed by atoms with Crippen LogP contribution in [-0.2, 0) is 19.1 Å². The van der Waals surface area contributed by atoms with Crippen molar-refractivity contribution in [2.24, 2.45) is 0 Å². The van der Waals surface area contributed by atoms with Crippen molar-refractivity contribution in [2.45, 2.75) is 238 Å². The number of ether oxygens (including phenoxy) is 2. The summed E-state index contributed by atoms with van der Waals surface area (Å²) in [6.07, 6.45) is 89.5. The van der Waals surface area contributed by atoms with Gasteiger partial charge in [-0.2, -0.15) is 0 Å². The minimum absolute atomic E-state index is 0.0819. The molecule has 0 bridgehead atoms. The fourth-order valence-electron chi connectivity index (χ4n) is 7.44. The van der Waals surface area contributed by atoms with Crippen LogP contribution in [0.4, 0.5) is 0 Å². The highest BCUT2D eigenvalue weighted by Gasteiger charge is 2.16. The topological polar surface area (TPSA) is 72.8 Å². The Labute approximate surface area is 431 Å². The molecule has 1 unspecified atom stereocenters. The van der Waals surface area contributed by atoms with Gasteiger partial charge < -0.3 is 14.6 Å². The molecule has 1 N–H and O–H groups in total. The van der Waals surface area contributed by atoms with Crippen molar-refractivity contribution in [2.75, 3.05) is 13.2 Å². The van der Waals surface area contributed by atoms with Gasteiger partial charge in [-0.1, -0.05) is 250 Å². The second-order valence-electron chi connectivity index (χ2n) is 18.2. The van der Waals surface area contributed by atoms with Gasteiger partial charge in [0, 0.05) is 12.8 Å². The normalized spacial score (nSPS) is 13.4. The molecule has 0 aliphatic rings. The van der Waals surface area contributed by atoms with Gasteiger partial charge >= 0.3 is 11.9 Å². The van der Waals surface area contributed by atoms with Gasteiger partial charge in [0.05, 0.1) is 6.61 Å². The molecule has 0 aromatic rings. The third-order valence-electron chi connectivity index (χ3n) is 11.6. The van der Waals surface area contributed by atoms with E-state index >= 15 is 0 Å². The summed E-state index contributed by atoms with van der Waals surface area (Å²) < 4.78 is 10.7. The summed E-state index contributed by atoms with van der Waals surface area (Å²) in [5, 5.41) is 9.66. The van der Waals surface area contributed by atoms with Crippen LogP contribution in [0, 0.1) is 0 Å². The second kappa shape index (κ2) is 59.1. The summed E-state index contributed by atoms with van der Waals surface area (Å²) in [4.78, 5) is 24.5. The first-order valence-corrected chi connectivity index (χ1v) is 28.4. The van der Waals surface area contributed by atoms with E-state index in [1.165, 1.54) is 83.5 Å². The van der Waals surface area contributed by atoms with Gasteiger partial charge in [-0.25, -0.2) is 0 Å². The molecule has 394 valence electrons. The Hall–Kier alpha value is -4.22. The molecule has 0 spiro atoms. The van der Waals surface area contributed by atoms with E-state index in [0.29, 0.717) is 12.8 Å². The minimum Gasteiger partial charge on any atom is -0.462 e. The van der Waals surface area contributed by atoms with Crippen LogP contribution in [0.25, 0.3) is 0 Å². The van der Waals surface area contributed by atoms with E-state index in [4.69, 9.17) is 9.47 Å². The molecule has 0 aromatic heterocycles. The van der Waals surface area contributed by atoms with Crippen LogP contribution in [0.15, 0.2) is 146 Å². The average Bonchev–Trinajstić information content (AvgIpc) is 3.36. The molecule has 0 amide bonds. The van der Waals surface area contributed by atoms with Crippen LogP contribution >= 0.6 is 0 Å². The zero-order valence-electron chi connectivity index (χ0n) is 45.0. The van der Waals surface area contributed by atoms with Crippen molar-refractivity contribution in [1.29, 1.82) is 0 Å². The van der Waals surface area contributed by atoms with E-state index in [0.717, 1.165) is 122 Å². The molecule has 0 radical (unpaired) electrons. The van der Waals surface area contributed by atoms with E-state index < -0.39 is 6.10 Å². The summed E-state index contributed by atoms with van der Waals surface area (Å²) >= 11 is 0. The molecule has 5 nitrogen and oxygen atoms in total. The molecular weight excluding hydrogens is 861 g/mol. The average molecular weight is 966 g/mol. The number of hydrogen-bond donors (Lipinski definition) is 1. The quantitative estimate of drug-likeness (QED) is 0.0374. The Bertz CT molecular complexity index is 1510. The van der Waals surface area contributed by atoms with Crippen molar-refractivity contribution >= 4 is 11.9 Å². The van der Waals surface area contributed by atoms with Crippen molar-refractivity contribution in [3.8, 4) is 0 Å². The number of unbranched alkanes of at least 4 members (excludes halogenated alkanes) is 18. The summed E-state index contributed by atoms with van der Waals surface area (Å²) in [6, 6.07) is 0. The molecule has 0 rings (SSSR count). The van der Waals surface area contributed by atoms with E-state index in [1.54, 1.807) is 0 Å². The Morgan fingerprint density at radius 2 is 0.571 bits per heavy atom. The summed E-state index contributed by atoms with van der Waals surface area (Å²) in [5.74, 6) is -0.618. The SMILES string of the molecule is CC/C=C\C/C=C\C/C=C\C/C=C\C/C=C\C/C=C\C/C=C\C/C=C\CCCCCCCCC(=O)OC(CO)COC(=O)CCCCCCCCCCCCCC/C=C\C/C=C\C/C=C\C/C=C\CC. The van der Waals surface area contributed by atoms with E-state index in [1.807, 2.05) is 0 Å². The predicted molar refractivity (Wildman–Crippen MR) is 306 cm³/mol. The Kier molecular flexibility index (Phi) is 55.5. The van der Waals surface area contributed by atoms with Crippen LogP contribution in [0.3, 0.4) is 0 Å². The predicted octanol–water partition coefficient (Wildman–Crippen LogP) is 19.4. The van der Waals surface area contributed by atoms with E-state index in [-0.39, 0.29) is 25.2 Å². The number of carbonyl (C=O) groups is 2. The van der Waals surface area contributed by atoms with E-state index in [2.05, 4.69) is 160 Å². The summed E-state index contributed by atoms with van der Waals surface area (Å²) in [7, 11) is 0. The van der Waals surface area contributed by atoms with Gasteiger partial charge in [0.1, 0.15) is 6.61 Å². The molecule has 0 saturated heterocycles. The highest BCUT2D eigenvalue weighted by Crippen LogP contribution is 2.14. The van der Waals surface area contributed by atoms with Gasteiger partial charge in [-0.05, 0) is 116 Å². The lowest BCUT2D eigenvalue weighted by Gasteiger charge is -2.15. The Morgan fingerprint density at radius 3 is 0.857 bits per heavy atom. The molecule has 0 heterocycles. The van der Waals surface area contributed by atoms with Gasteiger partial charge in [0.25, 0.3) is 0 Å². The molecule has 5 heteroatoms. The number of allylic oxidation sites excluding steroid dienone is 24. The molecule has 0 saturated carbocycles. The molecule has 70 heavy (non-hydrogen) atoms. The number of hydrogen-bond acceptors (Lipinski definition) is 5. The summed E-state index contributed by atoms with van der Waals surface area (Å²) in [5.41, 5.74) is 0. The van der Waals surface area contributed by atoms with Crippen LogP contribution in [0.5, 0.6) is 0 Å². The van der Waals surface area contributed by atoms with Gasteiger partial charge in [-0.3, -0.25) is 9.59 Å². The summed E-state index contributed by atoms with van der Waals surface area (Å²) in [6.45, 7) is 3.90. The lowest BCUT2D eigenvalue weighted by atomic mass is 10.0. The zero-order valence-corrected chi connectivity index (χ0v) is 45.0. The van der Waals surface area contributed by atoms with Crippen LogP contribution < -0.4 is 0 Å². The number of rotatable bonds is 50. The van der Waals surface area contributed by atoms with Gasteiger partial charge in [0.2, 0.25) is 0 Å². The lowest BCUT2D eigenvalue weighted by molar-refractivity contribution is -0.161. The molecule has 1 atom stereocenters. The number of aliphatic hydroxyl groups is 1. The van der Waals surface area contributed by atoms with Gasteiger partial charge in [-0.15, -0.1) is 0 Å². The molecule has 0 aromatic carbocycles. The molecule has 0 aliphatic heterocycles. The highest BCUT2D eigenvalue weighted by atomic mass is 16.6. The maximum atomic E-state index is 12.3. The first-order valence-electron chi connectivity index (χ1n) is 28.4. The van der Waals surface area contributed by atoms with Crippen molar-refractivity contribution in [1.82, 2.24) is 0 Å².